The molecule has 4 rings (SSSR count). The molecule has 2 aliphatic heterocycles. The lowest BCUT2D eigenvalue weighted by Gasteiger charge is -2.38. The van der Waals surface area contributed by atoms with E-state index in [4.69, 9.17) is 15.5 Å². The van der Waals surface area contributed by atoms with Gasteiger partial charge in [-0.15, -0.1) is 0 Å². The molecule has 1 unspecified atom stereocenters. The molecule has 1 aromatic heterocycles. The Bertz CT molecular complexity index is 1080. The van der Waals surface area contributed by atoms with Gasteiger partial charge in [0.25, 0.3) is 5.91 Å². The molecule has 0 saturated carbocycles. The van der Waals surface area contributed by atoms with Gasteiger partial charge >= 0.3 is 0 Å². The predicted molar refractivity (Wildman–Crippen MR) is 131 cm³/mol. The number of alkyl halides is 1. The summed E-state index contributed by atoms with van der Waals surface area (Å²) in [5.74, 6) is 0.990. The number of rotatable bonds is 6. The van der Waals surface area contributed by atoms with E-state index in [1.54, 1.807) is 11.8 Å². The maximum Gasteiger partial charge on any atom is 0.257 e. The number of aryl methyl sites for hydroxylation is 1. The number of amides is 1. The van der Waals surface area contributed by atoms with Gasteiger partial charge in [-0.3, -0.25) is 14.8 Å². The van der Waals surface area contributed by atoms with Crippen LogP contribution in [0.15, 0.2) is 41.7 Å². The van der Waals surface area contributed by atoms with Crippen molar-refractivity contribution in [2.45, 2.75) is 70.3 Å². The SMILES string of the molecule is Cc1cncc(-c2ccc3c(c2)C2(CSC(N)=N2)C[C@H](CC[C@H](C)NC(=O)C(C)(C)F)O3)c1. The molecule has 3 atom stereocenters. The van der Waals surface area contributed by atoms with Crippen molar-refractivity contribution in [1.29, 1.82) is 0 Å². The average Bonchev–Trinajstić information content (AvgIpc) is 3.12. The van der Waals surface area contributed by atoms with E-state index < -0.39 is 17.1 Å². The highest BCUT2D eigenvalue weighted by atomic mass is 32.2. The van der Waals surface area contributed by atoms with Gasteiger partial charge < -0.3 is 15.8 Å². The number of benzene rings is 1. The first-order chi connectivity index (χ1) is 15.6. The highest BCUT2D eigenvalue weighted by molar-refractivity contribution is 8.14. The monoisotopic (exact) mass is 470 g/mol. The van der Waals surface area contributed by atoms with Crippen molar-refractivity contribution >= 4 is 22.8 Å². The van der Waals surface area contributed by atoms with Crippen LogP contribution in [0, 0.1) is 6.92 Å². The van der Waals surface area contributed by atoms with Crippen LogP contribution >= 0.6 is 11.8 Å². The van der Waals surface area contributed by atoms with E-state index in [1.807, 2.05) is 38.4 Å². The third-order valence-corrected chi connectivity index (χ3v) is 7.18. The summed E-state index contributed by atoms with van der Waals surface area (Å²) in [5.41, 5.74) is 8.06. The number of hydrogen-bond donors (Lipinski definition) is 2. The topological polar surface area (TPSA) is 89.6 Å². The number of halogens is 1. The van der Waals surface area contributed by atoms with Crippen LogP contribution in [0.3, 0.4) is 0 Å². The number of pyridine rings is 1. The number of amidine groups is 1. The largest absolute Gasteiger partial charge is 0.490 e. The van der Waals surface area contributed by atoms with Crippen LogP contribution in [0.25, 0.3) is 11.1 Å². The van der Waals surface area contributed by atoms with Gasteiger partial charge in [0, 0.05) is 41.7 Å². The molecule has 8 heteroatoms. The number of fused-ring (bicyclic) bond motifs is 2. The first kappa shape index (κ1) is 23.5. The Morgan fingerprint density at radius 2 is 2.15 bits per heavy atom. The van der Waals surface area contributed by atoms with E-state index in [1.165, 1.54) is 13.8 Å². The number of thioether (sulfide) groups is 1. The van der Waals surface area contributed by atoms with Gasteiger partial charge in [-0.2, -0.15) is 0 Å². The van der Waals surface area contributed by atoms with Gasteiger partial charge in [0.15, 0.2) is 10.8 Å². The summed E-state index contributed by atoms with van der Waals surface area (Å²) in [6.07, 6.45) is 5.74. The molecule has 1 aromatic carbocycles. The highest BCUT2D eigenvalue weighted by Gasteiger charge is 2.45. The van der Waals surface area contributed by atoms with E-state index >= 15 is 0 Å². The minimum Gasteiger partial charge on any atom is -0.490 e. The number of nitrogens with one attached hydrogen (secondary N) is 1. The third-order valence-electron chi connectivity index (χ3n) is 6.17. The summed E-state index contributed by atoms with van der Waals surface area (Å²) in [6.45, 7) is 6.45. The Morgan fingerprint density at radius 1 is 1.36 bits per heavy atom. The molecule has 0 aliphatic carbocycles. The quantitative estimate of drug-likeness (QED) is 0.649. The number of nitrogens with two attached hydrogens (primary N) is 1. The lowest BCUT2D eigenvalue weighted by molar-refractivity contribution is -0.131. The fraction of sp³-hybridized carbons (Fsp3) is 0.480. The van der Waals surface area contributed by atoms with Gasteiger partial charge in [-0.05, 0) is 69.9 Å². The minimum atomic E-state index is -1.89. The van der Waals surface area contributed by atoms with Crippen molar-refractivity contribution in [3.63, 3.8) is 0 Å². The summed E-state index contributed by atoms with van der Waals surface area (Å²) in [7, 11) is 0. The normalized spacial score (nSPS) is 22.9. The molecule has 2 aromatic rings. The predicted octanol–water partition coefficient (Wildman–Crippen LogP) is 4.50. The average molecular weight is 471 g/mol. The van der Waals surface area contributed by atoms with Gasteiger partial charge in [0.2, 0.25) is 0 Å². The van der Waals surface area contributed by atoms with Crippen LogP contribution in [0.5, 0.6) is 5.75 Å². The Balaban J connectivity index is 1.55. The second-order valence-electron chi connectivity index (χ2n) is 9.60. The number of hydrogen-bond acceptors (Lipinski definition) is 6. The second-order valence-corrected chi connectivity index (χ2v) is 10.6. The fourth-order valence-corrected chi connectivity index (χ4v) is 5.34. The Hall–Kier alpha value is -2.61. The lowest BCUT2D eigenvalue weighted by atomic mass is 9.81. The highest BCUT2D eigenvalue weighted by Crippen LogP contribution is 2.49. The zero-order chi connectivity index (χ0) is 23.8. The molecule has 6 nitrogen and oxygen atoms in total. The number of nitrogens with zero attached hydrogens (tertiary/aromatic N) is 2. The fourth-order valence-electron chi connectivity index (χ4n) is 4.37. The van der Waals surface area contributed by atoms with E-state index in [0.29, 0.717) is 18.0 Å². The van der Waals surface area contributed by atoms with Crippen molar-refractivity contribution in [3.05, 3.63) is 47.8 Å². The van der Waals surface area contributed by atoms with E-state index in [2.05, 4.69) is 22.4 Å². The molecule has 0 fully saturated rings. The van der Waals surface area contributed by atoms with Crippen LogP contribution in [-0.4, -0.2) is 39.6 Å². The van der Waals surface area contributed by atoms with Crippen LogP contribution in [0.2, 0.25) is 0 Å². The first-order valence-electron chi connectivity index (χ1n) is 11.3. The van der Waals surface area contributed by atoms with E-state index in [0.717, 1.165) is 40.2 Å². The van der Waals surface area contributed by atoms with E-state index in [-0.39, 0.29) is 12.1 Å². The van der Waals surface area contributed by atoms with Crippen LogP contribution in [0.1, 0.15) is 51.2 Å². The molecular formula is C25H31FN4O2S. The zero-order valence-electron chi connectivity index (χ0n) is 19.5. The van der Waals surface area contributed by atoms with E-state index in [9.17, 15) is 9.18 Å². The molecule has 0 bridgehead atoms. The number of carbonyl (C=O) groups excluding carboxylic acids is 1. The smallest absolute Gasteiger partial charge is 0.257 e. The van der Waals surface area contributed by atoms with Gasteiger partial charge in [0.1, 0.15) is 17.4 Å². The number of carbonyl (C=O) groups is 1. The standard InChI is InChI=1S/C25H31FN4O2S/c1-15-9-18(13-28-12-15)17-6-8-21-20(10-17)25(14-33-23(27)30-25)11-19(32-21)7-5-16(2)29-22(31)24(3,4)26/h6,8-10,12-13,16,19H,5,7,11,14H2,1-4H3,(H2,27,30)(H,29,31)/t16-,19-,25?/m0/s1. The number of aliphatic imine (C=N–C) groups is 1. The summed E-state index contributed by atoms with van der Waals surface area (Å²) < 4.78 is 20.2. The molecular weight excluding hydrogens is 439 g/mol. The summed E-state index contributed by atoms with van der Waals surface area (Å²) in [6, 6.07) is 8.16. The van der Waals surface area contributed by atoms with Crippen molar-refractivity contribution in [1.82, 2.24) is 10.3 Å². The van der Waals surface area contributed by atoms with Crippen molar-refractivity contribution < 1.29 is 13.9 Å². The summed E-state index contributed by atoms with van der Waals surface area (Å²) >= 11 is 1.57. The van der Waals surface area contributed by atoms with Gasteiger partial charge in [-0.25, -0.2) is 4.39 Å². The maximum atomic E-state index is 13.8. The molecule has 33 heavy (non-hydrogen) atoms. The Morgan fingerprint density at radius 3 is 2.82 bits per heavy atom. The third kappa shape index (κ3) is 5.16. The van der Waals surface area contributed by atoms with Crippen molar-refractivity contribution in [2.24, 2.45) is 10.7 Å². The van der Waals surface area contributed by atoms with Gasteiger partial charge in [-0.1, -0.05) is 17.8 Å². The number of aromatic nitrogens is 1. The number of ether oxygens (including phenoxy) is 1. The van der Waals surface area contributed by atoms with Crippen molar-refractivity contribution in [2.75, 3.05) is 5.75 Å². The lowest BCUT2D eigenvalue weighted by Crippen LogP contribution is -2.44. The first-order valence-corrected chi connectivity index (χ1v) is 12.3. The Kier molecular flexibility index (Phi) is 6.40. The molecule has 0 radical (unpaired) electrons. The molecule has 1 amide bonds. The van der Waals surface area contributed by atoms with Crippen LogP contribution < -0.4 is 15.8 Å². The molecule has 3 N–H and O–H groups in total. The van der Waals surface area contributed by atoms with Crippen molar-refractivity contribution in [3.8, 4) is 16.9 Å². The van der Waals surface area contributed by atoms with Crippen LogP contribution in [-0.2, 0) is 10.3 Å². The maximum absolute atomic E-state index is 13.8. The molecule has 1 spiro atoms. The van der Waals surface area contributed by atoms with Gasteiger partial charge in [0.05, 0.1) is 0 Å². The molecule has 176 valence electrons. The molecule has 0 saturated heterocycles. The Labute approximate surface area is 198 Å². The second kappa shape index (κ2) is 8.97. The summed E-state index contributed by atoms with van der Waals surface area (Å²) in [5, 5.41) is 3.34. The zero-order valence-corrected chi connectivity index (χ0v) is 20.3. The summed E-state index contributed by atoms with van der Waals surface area (Å²) in [4.78, 5) is 21.1. The minimum absolute atomic E-state index is 0.0722. The molecule has 3 heterocycles. The van der Waals surface area contributed by atoms with Crippen LogP contribution in [0.4, 0.5) is 4.39 Å². The molecule has 2 aliphatic rings.